The quantitative estimate of drug-likeness (QED) is 0.684. The van der Waals surface area contributed by atoms with Crippen LogP contribution in [0.15, 0.2) is 47.7 Å². The predicted octanol–water partition coefficient (Wildman–Crippen LogP) is 1.47. The van der Waals surface area contributed by atoms with E-state index >= 15 is 0 Å². The zero-order chi connectivity index (χ0) is 20.2. The van der Waals surface area contributed by atoms with Crippen molar-refractivity contribution in [1.82, 2.24) is 29.5 Å². The molecule has 1 saturated heterocycles. The van der Waals surface area contributed by atoms with Gasteiger partial charge in [-0.25, -0.2) is 4.98 Å². The van der Waals surface area contributed by atoms with Crippen molar-refractivity contribution in [2.75, 3.05) is 19.6 Å². The maximum atomic E-state index is 12.6. The van der Waals surface area contributed by atoms with Gasteiger partial charge in [0.15, 0.2) is 5.65 Å². The van der Waals surface area contributed by atoms with Gasteiger partial charge in [-0.1, -0.05) is 36.8 Å². The van der Waals surface area contributed by atoms with Gasteiger partial charge in [0.2, 0.25) is 5.91 Å². The van der Waals surface area contributed by atoms with E-state index in [0.717, 1.165) is 13.1 Å². The number of aryl methyl sites for hydroxylation is 1. The number of hydrogen-bond acceptors (Lipinski definition) is 5. The van der Waals surface area contributed by atoms with Gasteiger partial charge in [-0.2, -0.15) is 5.10 Å². The number of nitrogens with zero attached hydrogens (tertiary/aromatic N) is 5. The first kappa shape index (κ1) is 19.3. The van der Waals surface area contributed by atoms with E-state index < -0.39 is 0 Å². The molecular weight excluding hydrogens is 368 g/mol. The fourth-order valence-corrected chi connectivity index (χ4v) is 3.96. The van der Waals surface area contributed by atoms with Gasteiger partial charge in [0, 0.05) is 13.6 Å². The number of amides is 1. The lowest BCUT2D eigenvalue weighted by molar-refractivity contribution is -0.122. The molecule has 0 saturated carbocycles. The lowest BCUT2D eigenvalue weighted by atomic mass is 10.0. The Kier molecular flexibility index (Phi) is 5.71. The van der Waals surface area contributed by atoms with E-state index in [1.807, 2.05) is 18.2 Å². The summed E-state index contributed by atoms with van der Waals surface area (Å²) in [6.07, 6.45) is 6.52. The van der Waals surface area contributed by atoms with Gasteiger partial charge in [-0.3, -0.25) is 23.7 Å². The molecule has 0 spiro atoms. The van der Waals surface area contributed by atoms with Gasteiger partial charge >= 0.3 is 0 Å². The number of carbonyl (C=O) groups excluding carboxylic acids is 1. The molecule has 4 rings (SSSR count). The minimum absolute atomic E-state index is 0.0574. The number of aromatic nitrogens is 4. The SMILES string of the molecule is Cn1ncc2c(=O)n(CC(=O)NC[C@@H](c3ccccc3)N3CCCCC3)cnc21. The molecule has 8 heteroatoms. The van der Waals surface area contributed by atoms with Crippen molar-refractivity contribution < 1.29 is 4.79 Å². The summed E-state index contributed by atoms with van der Waals surface area (Å²) in [5.74, 6) is -0.199. The third-order valence-electron chi connectivity index (χ3n) is 5.54. The third kappa shape index (κ3) is 4.22. The van der Waals surface area contributed by atoms with Crippen LogP contribution >= 0.6 is 0 Å². The van der Waals surface area contributed by atoms with Crippen LogP contribution in [0.25, 0.3) is 11.0 Å². The molecule has 0 bridgehead atoms. The molecule has 1 fully saturated rings. The lowest BCUT2D eigenvalue weighted by Gasteiger charge is -2.35. The van der Waals surface area contributed by atoms with Crippen LogP contribution in [-0.2, 0) is 18.4 Å². The van der Waals surface area contributed by atoms with Crippen LogP contribution in [0.2, 0.25) is 0 Å². The van der Waals surface area contributed by atoms with Gasteiger partial charge in [-0.05, 0) is 31.5 Å². The molecule has 3 heterocycles. The summed E-state index contributed by atoms with van der Waals surface area (Å²) in [5, 5.41) is 7.49. The zero-order valence-corrected chi connectivity index (χ0v) is 16.6. The molecule has 0 aliphatic carbocycles. The minimum atomic E-state index is -0.256. The van der Waals surface area contributed by atoms with Crippen molar-refractivity contribution in [1.29, 1.82) is 0 Å². The van der Waals surface area contributed by atoms with Crippen molar-refractivity contribution in [3.63, 3.8) is 0 Å². The molecule has 8 nitrogen and oxygen atoms in total. The Morgan fingerprint density at radius 2 is 1.93 bits per heavy atom. The fourth-order valence-electron chi connectivity index (χ4n) is 3.96. The molecule has 1 aromatic carbocycles. The van der Waals surface area contributed by atoms with E-state index in [1.165, 1.54) is 41.9 Å². The van der Waals surface area contributed by atoms with E-state index in [-0.39, 0.29) is 24.1 Å². The fraction of sp³-hybridized carbons (Fsp3) is 0.429. The largest absolute Gasteiger partial charge is 0.353 e. The molecule has 1 aliphatic rings. The summed E-state index contributed by atoms with van der Waals surface area (Å²) < 4.78 is 2.88. The van der Waals surface area contributed by atoms with E-state index in [4.69, 9.17) is 0 Å². The summed E-state index contributed by atoms with van der Waals surface area (Å²) in [7, 11) is 1.73. The van der Waals surface area contributed by atoms with Crippen LogP contribution in [0, 0.1) is 0 Å². The molecule has 0 radical (unpaired) electrons. The molecule has 1 aliphatic heterocycles. The lowest BCUT2D eigenvalue weighted by Crippen LogP contribution is -2.42. The second kappa shape index (κ2) is 8.57. The highest BCUT2D eigenvalue weighted by atomic mass is 16.2. The second-order valence-electron chi connectivity index (χ2n) is 7.51. The Morgan fingerprint density at radius 3 is 2.69 bits per heavy atom. The van der Waals surface area contributed by atoms with E-state index in [0.29, 0.717) is 17.6 Å². The minimum Gasteiger partial charge on any atom is -0.353 e. The number of nitrogens with one attached hydrogen (secondary N) is 1. The van der Waals surface area contributed by atoms with Gasteiger partial charge in [0.05, 0.1) is 12.2 Å². The molecule has 1 amide bonds. The molecular formula is C21H26N6O2. The zero-order valence-electron chi connectivity index (χ0n) is 16.6. The van der Waals surface area contributed by atoms with Crippen LogP contribution in [0.5, 0.6) is 0 Å². The van der Waals surface area contributed by atoms with Crippen LogP contribution in [-0.4, -0.2) is 49.8 Å². The van der Waals surface area contributed by atoms with Crippen molar-refractivity contribution >= 4 is 16.9 Å². The summed E-state index contributed by atoms with van der Waals surface area (Å²) in [6, 6.07) is 10.4. The maximum absolute atomic E-state index is 12.6. The Morgan fingerprint density at radius 1 is 1.17 bits per heavy atom. The molecule has 1 N–H and O–H groups in total. The molecule has 29 heavy (non-hydrogen) atoms. The normalized spacial score (nSPS) is 16.0. The Hall–Kier alpha value is -3.00. The number of carbonyl (C=O) groups is 1. The van der Waals surface area contributed by atoms with Crippen molar-refractivity contribution in [3.05, 3.63) is 58.8 Å². The van der Waals surface area contributed by atoms with Gasteiger partial charge in [0.1, 0.15) is 18.3 Å². The highest BCUT2D eigenvalue weighted by Crippen LogP contribution is 2.24. The van der Waals surface area contributed by atoms with Crippen molar-refractivity contribution in [2.45, 2.75) is 31.8 Å². The summed E-state index contributed by atoms with van der Waals surface area (Å²) in [4.78, 5) is 31.8. The Labute approximate surface area is 169 Å². The van der Waals surface area contributed by atoms with E-state index in [1.54, 1.807) is 11.7 Å². The molecule has 3 aromatic rings. The first-order chi connectivity index (χ1) is 14.1. The Balaban J connectivity index is 1.45. The number of benzene rings is 1. The van der Waals surface area contributed by atoms with Crippen molar-refractivity contribution in [2.24, 2.45) is 7.05 Å². The molecule has 0 unspecified atom stereocenters. The number of fused-ring (bicyclic) bond motifs is 1. The van der Waals surface area contributed by atoms with Crippen LogP contribution < -0.4 is 10.9 Å². The number of hydrogen-bond donors (Lipinski definition) is 1. The molecule has 2 aromatic heterocycles. The average Bonchev–Trinajstić information content (AvgIpc) is 3.13. The second-order valence-corrected chi connectivity index (χ2v) is 7.51. The van der Waals surface area contributed by atoms with E-state index in [9.17, 15) is 9.59 Å². The molecule has 152 valence electrons. The monoisotopic (exact) mass is 394 g/mol. The van der Waals surface area contributed by atoms with E-state index in [2.05, 4.69) is 32.4 Å². The van der Waals surface area contributed by atoms with Crippen LogP contribution in [0.4, 0.5) is 0 Å². The van der Waals surface area contributed by atoms with Gasteiger partial charge in [-0.15, -0.1) is 0 Å². The topological polar surface area (TPSA) is 85.0 Å². The smallest absolute Gasteiger partial charge is 0.264 e. The van der Waals surface area contributed by atoms with Gasteiger partial charge < -0.3 is 5.32 Å². The van der Waals surface area contributed by atoms with Crippen LogP contribution in [0.3, 0.4) is 0 Å². The van der Waals surface area contributed by atoms with Gasteiger partial charge in [0.25, 0.3) is 5.56 Å². The summed E-state index contributed by atoms with van der Waals surface area (Å²) in [6.45, 7) is 2.53. The highest BCUT2D eigenvalue weighted by molar-refractivity contribution is 5.77. The number of rotatable bonds is 6. The van der Waals surface area contributed by atoms with Crippen molar-refractivity contribution in [3.8, 4) is 0 Å². The van der Waals surface area contributed by atoms with Crippen LogP contribution in [0.1, 0.15) is 30.9 Å². The third-order valence-corrected chi connectivity index (χ3v) is 5.54. The maximum Gasteiger partial charge on any atom is 0.264 e. The number of likely N-dealkylation sites (tertiary alicyclic amines) is 1. The predicted molar refractivity (Wildman–Crippen MR) is 110 cm³/mol. The summed E-state index contributed by atoms with van der Waals surface area (Å²) in [5.41, 5.74) is 1.46. The average molecular weight is 394 g/mol. The standard InChI is InChI=1S/C21H26N6O2/c1-25-20-17(12-24-25)21(29)27(15-23-20)14-19(28)22-13-18(16-8-4-2-5-9-16)26-10-6-3-7-11-26/h2,4-5,8-9,12,15,18H,3,6-7,10-11,13-14H2,1H3,(H,22,28)/t18-/m0/s1. The first-order valence-electron chi connectivity index (χ1n) is 10.1. The number of piperidine rings is 1. The Bertz CT molecular complexity index is 1040. The first-order valence-corrected chi connectivity index (χ1v) is 10.1. The summed E-state index contributed by atoms with van der Waals surface area (Å²) >= 11 is 0. The molecule has 1 atom stereocenters. The highest BCUT2D eigenvalue weighted by Gasteiger charge is 2.23.